The summed E-state index contributed by atoms with van der Waals surface area (Å²) in [7, 11) is 3.84. The summed E-state index contributed by atoms with van der Waals surface area (Å²) in [6.45, 7) is 2.51. The highest BCUT2D eigenvalue weighted by Gasteiger charge is 2.44. The van der Waals surface area contributed by atoms with Crippen LogP contribution in [-0.2, 0) is 0 Å². The number of alkyl halides is 2. The number of carbonyl (C=O) groups is 1. The molecule has 1 aliphatic carbocycles. The molecule has 2 aliphatic heterocycles. The Morgan fingerprint density at radius 1 is 0.949 bits per heavy atom. The summed E-state index contributed by atoms with van der Waals surface area (Å²) in [4.78, 5) is 19.8. The molecule has 7 nitrogen and oxygen atoms in total. The van der Waals surface area contributed by atoms with E-state index in [-0.39, 0.29) is 38.4 Å². The minimum Gasteiger partial charge on any atom is -0.395 e. The van der Waals surface area contributed by atoms with Crippen LogP contribution in [0.15, 0.2) is 36.4 Å². The van der Waals surface area contributed by atoms with Crippen molar-refractivity contribution in [3.63, 3.8) is 0 Å². The van der Waals surface area contributed by atoms with Crippen LogP contribution in [0.3, 0.4) is 0 Å². The van der Waals surface area contributed by atoms with Crippen LogP contribution in [0, 0.1) is 5.41 Å². The molecule has 0 atom stereocenters. The van der Waals surface area contributed by atoms with Crippen LogP contribution in [0.2, 0.25) is 0 Å². The second-order valence-electron chi connectivity index (χ2n) is 11.3. The fourth-order valence-electron chi connectivity index (χ4n) is 5.61. The lowest BCUT2D eigenvalue weighted by Gasteiger charge is -2.36. The van der Waals surface area contributed by atoms with E-state index in [1.54, 1.807) is 6.07 Å². The first-order valence-electron chi connectivity index (χ1n) is 13.8. The smallest absolute Gasteiger partial charge is 0.255 e. The molecule has 39 heavy (non-hydrogen) atoms. The third kappa shape index (κ3) is 6.54. The highest BCUT2D eigenvalue weighted by atomic mass is 32.2. The van der Waals surface area contributed by atoms with Crippen LogP contribution in [0.1, 0.15) is 48.9 Å². The monoisotopic (exact) mass is 559 g/mol. The number of aliphatic hydroxyl groups is 1. The van der Waals surface area contributed by atoms with Gasteiger partial charge >= 0.3 is 0 Å². The van der Waals surface area contributed by atoms with Gasteiger partial charge in [0.25, 0.3) is 11.8 Å². The topological polar surface area (TPSA) is 71.1 Å². The molecule has 10 heteroatoms. The first-order valence-corrected chi connectivity index (χ1v) is 14.8. The summed E-state index contributed by atoms with van der Waals surface area (Å²) < 4.78 is 31.0. The van der Waals surface area contributed by atoms with Crippen molar-refractivity contribution in [2.24, 2.45) is 5.41 Å². The summed E-state index contributed by atoms with van der Waals surface area (Å²) in [6.07, 6.45) is 4.61. The number of nitrogens with one attached hydrogen (secondary N) is 2. The molecule has 1 saturated carbocycles. The Labute approximate surface area is 234 Å². The van der Waals surface area contributed by atoms with Crippen molar-refractivity contribution in [1.82, 2.24) is 0 Å². The normalized spacial score (nSPS) is 19.6. The zero-order valence-electron chi connectivity index (χ0n) is 22.8. The van der Waals surface area contributed by atoms with Crippen molar-refractivity contribution in [3.05, 3.63) is 42.0 Å². The van der Waals surface area contributed by atoms with Gasteiger partial charge in [0.1, 0.15) is 0 Å². The summed E-state index contributed by atoms with van der Waals surface area (Å²) in [5, 5.41) is 12.3. The number of hydrogen-bond acceptors (Lipinski definition) is 7. The van der Waals surface area contributed by atoms with Crippen molar-refractivity contribution < 1.29 is 18.7 Å². The fourth-order valence-corrected chi connectivity index (χ4v) is 6.09. The summed E-state index contributed by atoms with van der Waals surface area (Å²) >= 11 is 1.45. The highest BCUT2D eigenvalue weighted by Crippen LogP contribution is 2.54. The quantitative estimate of drug-likeness (QED) is 0.270. The van der Waals surface area contributed by atoms with Crippen LogP contribution in [0.25, 0.3) is 0 Å². The lowest BCUT2D eigenvalue weighted by molar-refractivity contribution is -0.0220. The Morgan fingerprint density at radius 2 is 1.62 bits per heavy atom. The van der Waals surface area contributed by atoms with Crippen LogP contribution in [-0.4, -0.2) is 69.6 Å². The first-order chi connectivity index (χ1) is 18.7. The number of carbonyl (C=O) groups excluding carboxylic acids is 1. The van der Waals surface area contributed by atoms with Crippen LogP contribution < -0.4 is 24.7 Å². The van der Waals surface area contributed by atoms with Crippen LogP contribution >= 0.6 is 11.9 Å². The number of aliphatic hydroxyl groups excluding tert-OH is 1. The number of halogens is 2. The Balaban J connectivity index is 1.38. The minimum absolute atomic E-state index is 0.0985. The van der Waals surface area contributed by atoms with Gasteiger partial charge in [-0.15, -0.1) is 0 Å². The van der Waals surface area contributed by atoms with Gasteiger partial charge in [0, 0.05) is 70.1 Å². The van der Waals surface area contributed by atoms with Gasteiger partial charge in [-0.1, -0.05) is 11.9 Å². The summed E-state index contributed by atoms with van der Waals surface area (Å²) in [5.41, 5.74) is 5.39. The number of piperidine rings is 2. The lowest BCUT2D eigenvalue weighted by atomic mass is 9.93. The number of hydrogen-bond donors (Lipinski definition) is 3. The molecule has 0 bridgehead atoms. The standard InChI is InChI=1S/C29H39F2N5O2S/c1-34(2)24-6-3-21(19-26(24)36-15-11-29(30,31)12-16-36)27(38)32-23-5-4-22(33-39-18-17-37)20-25(23)35-13-9-28(7-8-28)10-14-35/h3-6,19-20,33,37H,7-18H2,1-2H3,(H,32,38). The molecule has 0 aromatic heterocycles. The van der Waals surface area contributed by atoms with Crippen LogP contribution in [0.5, 0.6) is 0 Å². The maximum Gasteiger partial charge on any atom is 0.255 e. The van der Waals surface area contributed by atoms with Gasteiger partial charge in [-0.05, 0) is 67.5 Å². The molecule has 0 unspecified atom stereocenters. The first kappa shape index (κ1) is 27.8. The Hall–Kier alpha value is -2.72. The minimum atomic E-state index is -2.63. The van der Waals surface area contributed by atoms with Crippen LogP contribution in [0.4, 0.5) is 37.2 Å². The van der Waals surface area contributed by atoms with E-state index >= 15 is 0 Å². The Kier molecular flexibility index (Phi) is 8.14. The Morgan fingerprint density at radius 3 is 2.26 bits per heavy atom. The third-order valence-electron chi connectivity index (χ3n) is 8.31. The average Bonchev–Trinajstić information content (AvgIpc) is 3.68. The number of nitrogens with zero attached hydrogens (tertiary/aromatic N) is 3. The molecule has 3 N–H and O–H groups in total. The maximum absolute atomic E-state index is 13.8. The number of anilines is 5. The fraction of sp³-hybridized carbons (Fsp3) is 0.552. The second-order valence-corrected chi connectivity index (χ2v) is 12.2. The molecular formula is C29H39F2N5O2S. The molecule has 2 heterocycles. The summed E-state index contributed by atoms with van der Waals surface area (Å²) in [5.74, 6) is -2.28. The van der Waals surface area contributed by atoms with E-state index in [0.29, 0.717) is 16.7 Å². The van der Waals surface area contributed by atoms with Gasteiger partial charge in [0.05, 0.1) is 29.4 Å². The average molecular weight is 560 g/mol. The van der Waals surface area contributed by atoms with Crippen molar-refractivity contribution in [2.75, 3.05) is 77.4 Å². The van der Waals surface area contributed by atoms with E-state index < -0.39 is 5.92 Å². The molecule has 3 aliphatic rings. The van der Waals surface area contributed by atoms with E-state index in [1.165, 1.54) is 37.6 Å². The number of rotatable bonds is 9. The molecule has 5 rings (SSSR count). The predicted octanol–water partition coefficient (Wildman–Crippen LogP) is 5.67. The van der Waals surface area contributed by atoms with E-state index in [9.17, 15) is 13.6 Å². The number of benzene rings is 2. The molecule has 3 fully saturated rings. The van der Waals surface area contributed by atoms with Gasteiger partial charge in [0.2, 0.25) is 0 Å². The lowest BCUT2D eigenvalue weighted by Crippen LogP contribution is -2.40. The Bertz CT molecular complexity index is 1170. The second kappa shape index (κ2) is 11.4. The molecule has 1 amide bonds. The van der Waals surface area contributed by atoms with Crippen molar-refractivity contribution in [2.45, 2.75) is 44.4 Å². The molecule has 1 spiro atoms. The number of amides is 1. The maximum atomic E-state index is 13.8. The van der Waals surface area contributed by atoms with E-state index in [0.717, 1.165) is 41.5 Å². The largest absolute Gasteiger partial charge is 0.395 e. The molecule has 212 valence electrons. The molecule has 0 radical (unpaired) electrons. The molecular weight excluding hydrogens is 520 g/mol. The highest BCUT2D eigenvalue weighted by molar-refractivity contribution is 8.00. The van der Waals surface area contributed by atoms with Crippen molar-refractivity contribution in [1.29, 1.82) is 0 Å². The van der Waals surface area contributed by atoms with Crippen molar-refractivity contribution >= 4 is 46.3 Å². The summed E-state index contributed by atoms with van der Waals surface area (Å²) in [6, 6.07) is 11.4. The van der Waals surface area contributed by atoms with E-state index in [4.69, 9.17) is 5.11 Å². The van der Waals surface area contributed by atoms with Gasteiger partial charge in [-0.2, -0.15) is 0 Å². The van der Waals surface area contributed by atoms with Gasteiger partial charge in [0.15, 0.2) is 0 Å². The zero-order valence-corrected chi connectivity index (χ0v) is 23.6. The van der Waals surface area contributed by atoms with Crippen molar-refractivity contribution in [3.8, 4) is 0 Å². The third-order valence-corrected chi connectivity index (χ3v) is 9.07. The van der Waals surface area contributed by atoms with E-state index in [2.05, 4.69) is 21.0 Å². The van der Waals surface area contributed by atoms with Gasteiger partial charge in [-0.25, -0.2) is 8.78 Å². The van der Waals surface area contributed by atoms with Gasteiger partial charge in [-0.3, -0.25) is 4.79 Å². The van der Waals surface area contributed by atoms with E-state index in [1.807, 2.05) is 48.2 Å². The molecule has 2 aromatic carbocycles. The predicted molar refractivity (Wildman–Crippen MR) is 158 cm³/mol. The zero-order chi connectivity index (χ0) is 27.6. The molecule has 2 saturated heterocycles. The van der Waals surface area contributed by atoms with Gasteiger partial charge < -0.3 is 29.8 Å². The SMILES string of the molecule is CN(C)c1ccc(C(=O)Nc2ccc(NSCCO)cc2N2CCC3(CC2)CC3)cc1N1CCC(F)(F)CC1. The molecule has 2 aromatic rings.